The van der Waals surface area contributed by atoms with Gasteiger partial charge in [-0.15, -0.1) is 0 Å². The fraction of sp³-hybridized carbons (Fsp3) is 0.733. The molecule has 1 atom stereocenters. The summed E-state index contributed by atoms with van der Waals surface area (Å²) in [6.07, 6.45) is 4.58. The van der Waals surface area contributed by atoms with E-state index >= 15 is 0 Å². The molecule has 22 heavy (non-hydrogen) atoms. The zero-order valence-corrected chi connectivity index (χ0v) is 13.8. The second-order valence-corrected chi connectivity index (χ2v) is 5.87. The van der Waals surface area contributed by atoms with Gasteiger partial charge in [-0.25, -0.2) is 4.79 Å². The van der Waals surface area contributed by atoms with Crippen molar-refractivity contribution < 1.29 is 9.53 Å². The molecule has 1 N–H and O–H groups in total. The Kier molecular flexibility index (Phi) is 6.21. The van der Waals surface area contributed by atoms with Crippen LogP contribution in [0.5, 0.6) is 0 Å². The van der Waals surface area contributed by atoms with Crippen molar-refractivity contribution in [1.82, 2.24) is 19.6 Å². The maximum absolute atomic E-state index is 12.3. The predicted molar refractivity (Wildman–Crippen MR) is 86.0 cm³/mol. The van der Waals surface area contributed by atoms with Crippen molar-refractivity contribution in [1.29, 1.82) is 0 Å². The lowest BCUT2D eigenvalue weighted by atomic mass is 10.1. The van der Waals surface area contributed by atoms with E-state index in [0.717, 1.165) is 38.3 Å². The first-order valence-corrected chi connectivity index (χ1v) is 7.88. The van der Waals surface area contributed by atoms with Crippen LogP contribution in [0.2, 0.25) is 0 Å². The predicted octanol–water partition coefficient (Wildman–Crippen LogP) is 1.33. The van der Waals surface area contributed by atoms with Crippen molar-refractivity contribution in [3.63, 3.8) is 0 Å². The smallest absolute Gasteiger partial charge is 0.321 e. The maximum atomic E-state index is 12.3. The fourth-order valence-corrected chi connectivity index (χ4v) is 2.67. The maximum Gasteiger partial charge on any atom is 0.321 e. The molecule has 1 fully saturated rings. The van der Waals surface area contributed by atoms with Crippen LogP contribution in [0, 0.1) is 5.92 Å². The van der Waals surface area contributed by atoms with Crippen molar-refractivity contribution >= 4 is 11.7 Å². The molecule has 2 heterocycles. The minimum absolute atomic E-state index is 0.0343. The van der Waals surface area contributed by atoms with E-state index in [4.69, 9.17) is 4.74 Å². The Labute approximate surface area is 132 Å². The molecule has 1 aliphatic rings. The van der Waals surface area contributed by atoms with Crippen LogP contribution >= 0.6 is 0 Å². The molecule has 0 saturated carbocycles. The van der Waals surface area contributed by atoms with Gasteiger partial charge in [-0.2, -0.15) is 5.10 Å². The molecule has 0 aromatic carbocycles. The molecular weight excluding hydrogens is 282 g/mol. The van der Waals surface area contributed by atoms with Crippen LogP contribution < -0.4 is 5.32 Å². The quantitative estimate of drug-likeness (QED) is 0.825. The topological polar surface area (TPSA) is 62.6 Å². The van der Waals surface area contributed by atoms with E-state index in [1.807, 2.05) is 11.1 Å². The van der Waals surface area contributed by atoms with Crippen LogP contribution in [-0.2, 0) is 11.3 Å². The van der Waals surface area contributed by atoms with Crippen LogP contribution in [0.1, 0.15) is 13.3 Å². The molecule has 2 rings (SSSR count). The van der Waals surface area contributed by atoms with Crippen molar-refractivity contribution in [2.75, 3.05) is 52.3 Å². The first-order valence-electron chi connectivity index (χ1n) is 7.88. The highest BCUT2D eigenvalue weighted by Crippen LogP contribution is 2.18. The third-order valence-corrected chi connectivity index (χ3v) is 4.09. The number of urea groups is 1. The second-order valence-electron chi connectivity index (χ2n) is 5.87. The first kappa shape index (κ1) is 16.8. The zero-order chi connectivity index (χ0) is 15.9. The van der Waals surface area contributed by atoms with Gasteiger partial charge in [0.1, 0.15) is 0 Å². The Bertz CT molecular complexity index is 476. The summed E-state index contributed by atoms with van der Waals surface area (Å²) in [6.45, 7) is 7.19. The standard InChI is InChI=1S/C15H27N5O2/c1-4-18(2)10-13-5-6-19(11-13)15(21)17-14-9-16-20(12-14)7-8-22-3/h9,12-13H,4-8,10-11H2,1-3H3,(H,17,21)/t13-/m0/s1. The molecule has 1 aliphatic heterocycles. The number of nitrogens with zero attached hydrogens (tertiary/aromatic N) is 4. The molecule has 1 aromatic heterocycles. The molecule has 2 amide bonds. The second kappa shape index (κ2) is 8.14. The summed E-state index contributed by atoms with van der Waals surface area (Å²) in [5.74, 6) is 0.570. The number of methoxy groups -OCH3 is 1. The Hall–Kier alpha value is -1.60. The van der Waals surface area contributed by atoms with E-state index in [1.54, 1.807) is 18.0 Å². The van der Waals surface area contributed by atoms with Gasteiger partial charge in [0.05, 0.1) is 25.0 Å². The minimum atomic E-state index is -0.0343. The number of nitrogens with one attached hydrogen (secondary N) is 1. The summed E-state index contributed by atoms with van der Waals surface area (Å²) in [5, 5.41) is 7.11. The minimum Gasteiger partial charge on any atom is -0.383 e. The lowest BCUT2D eigenvalue weighted by Gasteiger charge is -2.20. The van der Waals surface area contributed by atoms with Gasteiger partial charge in [-0.3, -0.25) is 4.68 Å². The summed E-state index contributed by atoms with van der Waals surface area (Å²) >= 11 is 0. The molecule has 7 heteroatoms. The summed E-state index contributed by atoms with van der Waals surface area (Å²) < 4.78 is 6.78. The Balaban J connectivity index is 1.79. The Morgan fingerprint density at radius 1 is 1.59 bits per heavy atom. The molecule has 0 aliphatic carbocycles. The van der Waals surface area contributed by atoms with E-state index in [0.29, 0.717) is 19.1 Å². The Morgan fingerprint density at radius 3 is 3.14 bits per heavy atom. The van der Waals surface area contributed by atoms with E-state index in [9.17, 15) is 4.79 Å². The third kappa shape index (κ3) is 4.71. The normalized spacial score (nSPS) is 18.2. The van der Waals surface area contributed by atoms with E-state index in [1.165, 1.54) is 0 Å². The number of carbonyl (C=O) groups excluding carboxylic acids is 1. The largest absolute Gasteiger partial charge is 0.383 e. The van der Waals surface area contributed by atoms with Crippen LogP contribution in [0.25, 0.3) is 0 Å². The highest BCUT2D eigenvalue weighted by molar-refractivity contribution is 5.89. The molecule has 1 saturated heterocycles. The summed E-state index contributed by atoms with van der Waals surface area (Å²) in [6, 6.07) is -0.0343. The number of aromatic nitrogens is 2. The SMILES string of the molecule is CCN(C)C[C@@H]1CCN(C(=O)Nc2cnn(CCOC)c2)C1. The molecule has 124 valence electrons. The number of ether oxygens (including phenoxy) is 1. The van der Waals surface area contributed by atoms with Crippen LogP contribution in [0.3, 0.4) is 0 Å². The van der Waals surface area contributed by atoms with E-state index < -0.39 is 0 Å². The molecule has 0 spiro atoms. The lowest BCUT2D eigenvalue weighted by molar-refractivity contribution is 0.183. The van der Waals surface area contributed by atoms with Gasteiger partial charge in [-0.1, -0.05) is 6.92 Å². The summed E-state index contributed by atoms with van der Waals surface area (Å²) in [7, 11) is 3.78. The zero-order valence-electron chi connectivity index (χ0n) is 13.8. The van der Waals surface area contributed by atoms with E-state index in [-0.39, 0.29) is 6.03 Å². The molecule has 0 bridgehead atoms. The molecular formula is C15H27N5O2. The van der Waals surface area contributed by atoms with Crippen LogP contribution in [-0.4, -0.2) is 72.6 Å². The van der Waals surface area contributed by atoms with Crippen molar-refractivity contribution in [2.24, 2.45) is 5.92 Å². The van der Waals surface area contributed by atoms with E-state index in [2.05, 4.69) is 29.3 Å². The van der Waals surface area contributed by atoms with Crippen molar-refractivity contribution in [3.05, 3.63) is 12.4 Å². The highest BCUT2D eigenvalue weighted by Gasteiger charge is 2.26. The first-order chi connectivity index (χ1) is 10.6. The van der Waals surface area contributed by atoms with Gasteiger partial charge in [0, 0.05) is 32.9 Å². The third-order valence-electron chi connectivity index (χ3n) is 4.09. The van der Waals surface area contributed by atoms with Gasteiger partial charge in [-0.05, 0) is 25.9 Å². The van der Waals surface area contributed by atoms with Crippen molar-refractivity contribution in [3.8, 4) is 0 Å². The molecule has 7 nitrogen and oxygen atoms in total. The lowest BCUT2D eigenvalue weighted by Crippen LogP contribution is -2.34. The number of amides is 2. The Morgan fingerprint density at radius 2 is 2.41 bits per heavy atom. The number of likely N-dealkylation sites (tertiary alicyclic amines) is 1. The average Bonchev–Trinajstić information content (AvgIpc) is 3.14. The number of hydrogen-bond acceptors (Lipinski definition) is 4. The monoisotopic (exact) mass is 309 g/mol. The average molecular weight is 309 g/mol. The van der Waals surface area contributed by atoms with Gasteiger partial charge in [0.15, 0.2) is 0 Å². The summed E-state index contributed by atoms with van der Waals surface area (Å²) in [4.78, 5) is 16.5. The molecule has 1 aromatic rings. The number of rotatable bonds is 7. The van der Waals surface area contributed by atoms with Crippen LogP contribution in [0.15, 0.2) is 12.4 Å². The van der Waals surface area contributed by atoms with Gasteiger partial charge in [0.2, 0.25) is 0 Å². The fourth-order valence-electron chi connectivity index (χ4n) is 2.67. The molecule has 0 unspecified atom stereocenters. The van der Waals surface area contributed by atoms with Gasteiger partial charge >= 0.3 is 6.03 Å². The number of hydrogen-bond donors (Lipinski definition) is 1. The van der Waals surface area contributed by atoms with Gasteiger partial charge in [0.25, 0.3) is 0 Å². The van der Waals surface area contributed by atoms with Crippen molar-refractivity contribution in [2.45, 2.75) is 19.9 Å². The van der Waals surface area contributed by atoms with Crippen LogP contribution in [0.4, 0.5) is 10.5 Å². The summed E-state index contributed by atoms with van der Waals surface area (Å²) in [5.41, 5.74) is 0.732. The van der Waals surface area contributed by atoms with Gasteiger partial charge < -0.3 is 19.9 Å². The highest BCUT2D eigenvalue weighted by atomic mass is 16.5. The number of carbonyl (C=O) groups is 1. The number of anilines is 1. The molecule has 0 radical (unpaired) electrons.